The lowest BCUT2D eigenvalue weighted by molar-refractivity contribution is 0.0692. The number of carbonyl (C=O) groups excluding carboxylic acids is 1. The highest BCUT2D eigenvalue weighted by Gasteiger charge is 2.20. The molecule has 0 aliphatic heterocycles. The number of hydrogen-bond donors (Lipinski definition) is 4. The van der Waals surface area contributed by atoms with E-state index < -0.39 is 16.0 Å². The molecular weight excluding hydrogens is 620 g/mol. The van der Waals surface area contributed by atoms with E-state index in [1.54, 1.807) is 72.8 Å². The number of aromatic hydroxyl groups is 1. The summed E-state index contributed by atoms with van der Waals surface area (Å²) in [5.74, 6) is -0.783. The zero-order valence-corrected chi connectivity index (χ0v) is 26.6. The number of rotatable bonds is 11. The Morgan fingerprint density at radius 1 is 0.787 bits per heavy atom. The Balaban J connectivity index is 1.25. The maximum absolute atomic E-state index is 13.1. The van der Waals surface area contributed by atoms with E-state index in [4.69, 9.17) is 9.47 Å². The molecule has 0 bridgehead atoms. The molecule has 0 spiro atoms. The van der Waals surface area contributed by atoms with Gasteiger partial charge in [0.1, 0.15) is 29.4 Å². The largest absolute Gasteiger partial charge is 0.508 e. The van der Waals surface area contributed by atoms with Crippen molar-refractivity contribution >= 4 is 33.3 Å². The van der Waals surface area contributed by atoms with Crippen LogP contribution in [0.15, 0.2) is 108 Å². The molecule has 5 rings (SSSR count). The molecule has 5 aromatic carbocycles. The number of nitrogens with one attached hydrogen (secondary N) is 2. The van der Waals surface area contributed by atoms with E-state index in [0.29, 0.717) is 28.3 Å². The van der Waals surface area contributed by atoms with Crippen LogP contribution in [0, 0.1) is 13.8 Å². The molecule has 0 aliphatic carbocycles. The van der Waals surface area contributed by atoms with Gasteiger partial charge in [-0.25, -0.2) is 13.2 Å². The van der Waals surface area contributed by atoms with Gasteiger partial charge in [0.25, 0.3) is 15.9 Å². The number of phenolic OH excluding ortho intramolecular Hbond substituents is 1. The van der Waals surface area contributed by atoms with E-state index in [2.05, 4.69) is 10.0 Å². The number of anilines is 2. The van der Waals surface area contributed by atoms with Crippen LogP contribution in [-0.4, -0.2) is 37.6 Å². The fourth-order valence-corrected chi connectivity index (χ4v) is 6.05. The second-order valence-corrected chi connectivity index (χ2v) is 12.5. The summed E-state index contributed by atoms with van der Waals surface area (Å²) in [5, 5.41) is 21.9. The molecule has 4 N–H and O–H groups in total. The number of ether oxygens (including phenoxy) is 2. The van der Waals surface area contributed by atoms with Gasteiger partial charge in [-0.2, -0.15) is 0 Å². The van der Waals surface area contributed by atoms with Gasteiger partial charge in [0.15, 0.2) is 0 Å². The molecule has 0 heterocycles. The van der Waals surface area contributed by atoms with Crippen LogP contribution in [0.5, 0.6) is 17.2 Å². The molecule has 0 saturated carbocycles. The third-order valence-corrected chi connectivity index (χ3v) is 8.63. The molecule has 10 nitrogen and oxygen atoms in total. The minimum absolute atomic E-state index is 0.0499. The summed E-state index contributed by atoms with van der Waals surface area (Å²) in [6.45, 7) is 3.81. The Labute approximate surface area is 272 Å². The van der Waals surface area contributed by atoms with Gasteiger partial charge < -0.3 is 25.0 Å². The van der Waals surface area contributed by atoms with Gasteiger partial charge in [0, 0.05) is 16.9 Å². The number of sulfonamides is 1. The zero-order chi connectivity index (χ0) is 33.7. The van der Waals surface area contributed by atoms with Crippen LogP contribution >= 0.6 is 0 Å². The van der Waals surface area contributed by atoms with Crippen molar-refractivity contribution in [2.45, 2.75) is 25.3 Å². The van der Waals surface area contributed by atoms with E-state index in [1.165, 1.54) is 19.2 Å². The molecule has 11 heteroatoms. The van der Waals surface area contributed by atoms with E-state index in [0.717, 1.165) is 28.3 Å². The first-order valence-electron chi connectivity index (χ1n) is 14.4. The number of aryl methyl sites for hydroxylation is 2. The van der Waals surface area contributed by atoms with Crippen LogP contribution < -0.4 is 19.5 Å². The number of hydrogen-bond acceptors (Lipinski definition) is 7. The van der Waals surface area contributed by atoms with Crippen molar-refractivity contribution < 1.29 is 37.7 Å². The van der Waals surface area contributed by atoms with Crippen LogP contribution in [0.2, 0.25) is 0 Å². The number of phenols is 1. The second-order valence-electron chi connectivity index (χ2n) is 10.8. The van der Waals surface area contributed by atoms with Gasteiger partial charge >= 0.3 is 5.97 Å². The van der Waals surface area contributed by atoms with Crippen molar-refractivity contribution in [2.24, 2.45) is 0 Å². The Morgan fingerprint density at radius 2 is 1.53 bits per heavy atom. The number of carboxylic acid groups (broad SMARTS) is 1. The van der Waals surface area contributed by atoms with E-state index in [-0.39, 0.29) is 34.5 Å². The first-order valence-corrected chi connectivity index (χ1v) is 15.9. The van der Waals surface area contributed by atoms with Gasteiger partial charge in [0.2, 0.25) is 0 Å². The Hall–Kier alpha value is -5.81. The van der Waals surface area contributed by atoms with Crippen molar-refractivity contribution in [1.29, 1.82) is 0 Å². The Morgan fingerprint density at radius 3 is 2.23 bits per heavy atom. The summed E-state index contributed by atoms with van der Waals surface area (Å²) in [4.78, 5) is 24.4. The number of carbonyl (C=O) groups is 2. The highest BCUT2D eigenvalue weighted by atomic mass is 32.2. The number of benzene rings is 5. The number of carboxylic acids is 1. The molecule has 1 amide bonds. The van der Waals surface area contributed by atoms with Gasteiger partial charge in [-0.3, -0.25) is 9.52 Å². The summed E-state index contributed by atoms with van der Waals surface area (Å²) >= 11 is 0. The van der Waals surface area contributed by atoms with E-state index in [9.17, 15) is 28.2 Å². The van der Waals surface area contributed by atoms with E-state index in [1.807, 2.05) is 26.0 Å². The molecule has 0 aromatic heterocycles. The third kappa shape index (κ3) is 7.89. The van der Waals surface area contributed by atoms with Gasteiger partial charge in [-0.1, -0.05) is 30.3 Å². The third-order valence-electron chi connectivity index (χ3n) is 7.25. The maximum Gasteiger partial charge on any atom is 0.339 e. The van der Waals surface area contributed by atoms with Crippen LogP contribution in [0.4, 0.5) is 11.4 Å². The van der Waals surface area contributed by atoms with E-state index >= 15 is 0 Å². The summed E-state index contributed by atoms with van der Waals surface area (Å²) in [6, 6.07) is 28.0. The molecule has 240 valence electrons. The molecule has 0 aliphatic rings. The quantitative estimate of drug-likeness (QED) is 0.119. The first-order chi connectivity index (χ1) is 22.4. The highest BCUT2D eigenvalue weighted by molar-refractivity contribution is 7.92. The van der Waals surface area contributed by atoms with Gasteiger partial charge in [-0.05, 0) is 114 Å². The minimum atomic E-state index is -4.11. The zero-order valence-electron chi connectivity index (χ0n) is 25.8. The topological polar surface area (TPSA) is 151 Å². The monoisotopic (exact) mass is 652 g/mol. The van der Waals surface area contributed by atoms with Crippen LogP contribution in [-0.2, 0) is 16.6 Å². The predicted molar refractivity (Wildman–Crippen MR) is 179 cm³/mol. The molecule has 0 atom stereocenters. The fraction of sp³-hybridized carbons (Fsp3) is 0.111. The lowest BCUT2D eigenvalue weighted by atomic mass is 10.0. The second kappa shape index (κ2) is 13.7. The molecular formula is C36H32N2O8S. The predicted octanol–water partition coefficient (Wildman–Crippen LogP) is 7.01. The number of aromatic carboxylic acids is 1. The maximum atomic E-state index is 13.1. The van der Waals surface area contributed by atoms with Crippen molar-refractivity contribution in [3.05, 3.63) is 131 Å². The lowest BCUT2D eigenvalue weighted by Gasteiger charge is -2.14. The highest BCUT2D eigenvalue weighted by Crippen LogP contribution is 2.28. The summed E-state index contributed by atoms with van der Waals surface area (Å²) in [5.41, 5.74) is 5.08. The molecule has 5 aromatic rings. The molecule has 0 unspecified atom stereocenters. The number of amides is 1. The molecule has 0 radical (unpaired) electrons. The SMILES string of the molecule is COc1ccc(S(=O)(=O)Nc2cc(C)cc(COc3ccc(NC(=O)c4cccc(-c5ccc(O)cc5)c4)cc3C)c2)cc1C(=O)O. The van der Waals surface area contributed by atoms with Crippen LogP contribution in [0.1, 0.15) is 37.4 Å². The van der Waals surface area contributed by atoms with Crippen LogP contribution in [0.25, 0.3) is 11.1 Å². The molecule has 0 fully saturated rings. The molecule has 47 heavy (non-hydrogen) atoms. The average molecular weight is 653 g/mol. The Kier molecular flexibility index (Phi) is 9.48. The molecule has 0 saturated heterocycles. The van der Waals surface area contributed by atoms with Crippen molar-refractivity contribution in [3.8, 4) is 28.4 Å². The lowest BCUT2D eigenvalue weighted by Crippen LogP contribution is -2.14. The summed E-state index contributed by atoms with van der Waals surface area (Å²) < 4.78 is 39.8. The van der Waals surface area contributed by atoms with Gasteiger partial charge in [0.05, 0.1) is 12.0 Å². The first kappa shape index (κ1) is 32.6. The van der Waals surface area contributed by atoms with Crippen molar-refractivity contribution in [2.75, 3.05) is 17.1 Å². The minimum Gasteiger partial charge on any atom is -0.508 e. The average Bonchev–Trinajstić information content (AvgIpc) is 3.04. The smallest absolute Gasteiger partial charge is 0.339 e. The van der Waals surface area contributed by atoms with Crippen molar-refractivity contribution in [1.82, 2.24) is 0 Å². The van der Waals surface area contributed by atoms with Gasteiger partial charge in [-0.15, -0.1) is 0 Å². The fourth-order valence-electron chi connectivity index (χ4n) is 4.99. The normalized spacial score (nSPS) is 11.0. The summed E-state index contributed by atoms with van der Waals surface area (Å²) in [6.07, 6.45) is 0. The number of methoxy groups -OCH3 is 1. The Bertz CT molecular complexity index is 2080. The van der Waals surface area contributed by atoms with Crippen molar-refractivity contribution in [3.63, 3.8) is 0 Å². The summed E-state index contributed by atoms with van der Waals surface area (Å²) in [7, 11) is -2.80. The standard InChI is InChI=1S/C36H32N2O8S/c1-22-15-24(18-29(16-22)38-47(43,44)31-12-14-34(45-3)32(20-31)36(41)42)21-46-33-13-9-28(17-23(33)2)37-35(40)27-6-4-5-26(19-27)25-7-10-30(39)11-8-25/h4-20,38-39H,21H2,1-3H3,(H,37,40)(H,41,42). The van der Waals surface area contributed by atoms with Crippen LogP contribution in [0.3, 0.4) is 0 Å².